The Bertz CT molecular complexity index is 3100. The molecule has 0 saturated heterocycles. The van der Waals surface area contributed by atoms with Crippen molar-refractivity contribution in [2.75, 3.05) is 0 Å². The third-order valence-corrected chi connectivity index (χ3v) is 12.2. The second-order valence-corrected chi connectivity index (χ2v) is 15.6. The van der Waals surface area contributed by atoms with Crippen LogP contribution in [0.1, 0.15) is 25.0 Å². The molecular formula is C48H32N4S. The van der Waals surface area contributed by atoms with Gasteiger partial charge in [-0.25, -0.2) is 15.0 Å². The van der Waals surface area contributed by atoms with Crippen molar-refractivity contribution in [2.24, 2.45) is 0 Å². The Labute approximate surface area is 310 Å². The van der Waals surface area contributed by atoms with Crippen molar-refractivity contribution in [3.63, 3.8) is 0 Å². The zero-order valence-corrected chi connectivity index (χ0v) is 30.0. The van der Waals surface area contributed by atoms with Gasteiger partial charge in [0.05, 0.1) is 11.0 Å². The molecule has 0 fully saturated rings. The maximum atomic E-state index is 5.18. The fraction of sp³-hybridized carbons (Fsp3) is 0.0625. The number of aromatic nitrogens is 4. The van der Waals surface area contributed by atoms with E-state index in [9.17, 15) is 0 Å². The highest BCUT2D eigenvalue weighted by atomic mass is 32.1. The van der Waals surface area contributed by atoms with Gasteiger partial charge in [-0.05, 0) is 76.9 Å². The van der Waals surface area contributed by atoms with E-state index in [1.165, 1.54) is 64.2 Å². The molecule has 1 aliphatic carbocycles. The molecule has 0 N–H and O–H groups in total. The summed E-state index contributed by atoms with van der Waals surface area (Å²) in [5.74, 6) is 1.95. The highest BCUT2D eigenvalue weighted by molar-refractivity contribution is 7.25. The van der Waals surface area contributed by atoms with Gasteiger partial charge in [0.15, 0.2) is 17.5 Å². The summed E-state index contributed by atoms with van der Waals surface area (Å²) in [7, 11) is 0. The minimum absolute atomic E-state index is 0.101. The van der Waals surface area contributed by atoms with Crippen molar-refractivity contribution < 1.29 is 0 Å². The molecule has 0 bridgehead atoms. The van der Waals surface area contributed by atoms with Crippen LogP contribution in [0.25, 0.3) is 93.0 Å². The normalized spacial score (nSPS) is 13.2. The van der Waals surface area contributed by atoms with Gasteiger partial charge in [-0.15, -0.1) is 11.3 Å². The first-order chi connectivity index (χ1) is 26.0. The van der Waals surface area contributed by atoms with Gasteiger partial charge >= 0.3 is 0 Å². The molecule has 10 aromatic rings. The van der Waals surface area contributed by atoms with Gasteiger partial charge in [-0.3, -0.25) is 0 Å². The van der Waals surface area contributed by atoms with Gasteiger partial charge in [0, 0.05) is 58.7 Å². The van der Waals surface area contributed by atoms with E-state index in [1.54, 1.807) is 0 Å². The predicted molar refractivity (Wildman–Crippen MR) is 221 cm³/mol. The first-order valence-corrected chi connectivity index (χ1v) is 18.8. The molecule has 0 aliphatic heterocycles. The second kappa shape index (κ2) is 11.3. The number of para-hydroxylation sites is 1. The van der Waals surface area contributed by atoms with Gasteiger partial charge < -0.3 is 4.57 Å². The Balaban J connectivity index is 1.11. The van der Waals surface area contributed by atoms with E-state index in [2.05, 4.69) is 158 Å². The molecule has 7 aromatic carbocycles. The molecule has 1 aliphatic rings. The van der Waals surface area contributed by atoms with Crippen LogP contribution in [0.4, 0.5) is 0 Å². The summed E-state index contributed by atoms with van der Waals surface area (Å²) in [5.41, 5.74) is 11.6. The molecule has 11 rings (SSSR count). The number of rotatable bonds is 4. The molecule has 0 radical (unpaired) electrons. The van der Waals surface area contributed by atoms with Crippen molar-refractivity contribution in [3.8, 4) is 51.0 Å². The van der Waals surface area contributed by atoms with Crippen LogP contribution in [0.2, 0.25) is 0 Å². The molecule has 0 spiro atoms. The Morgan fingerprint density at radius 2 is 1.09 bits per heavy atom. The first kappa shape index (κ1) is 30.2. The van der Waals surface area contributed by atoms with E-state index in [0.717, 1.165) is 22.4 Å². The number of hydrogen-bond donors (Lipinski definition) is 0. The van der Waals surface area contributed by atoms with Crippen molar-refractivity contribution in [1.29, 1.82) is 0 Å². The highest BCUT2D eigenvalue weighted by Gasteiger charge is 2.36. The SMILES string of the molecule is CC1(C)c2ccccc2-c2cc3c4ccccc4n(-c4cccc(-c5nc(-c6ccccc6)nc(-c6ccc7sc8ccccc8c7c6)n5)c4)c3cc21. The molecule has 0 amide bonds. The largest absolute Gasteiger partial charge is 0.309 e. The van der Waals surface area contributed by atoms with Crippen LogP contribution in [-0.4, -0.2) is 19.5 Å². The minimum atomic E-state index is -0.101. The van der Waals surface area contributed by atoms with Gasteiger partial charge in [0.25, 0.3) is 0 Å². The van der Waals surface area contributed by atoms with E-state index in [-0.39, 0.29) is 5.41 Å². The fourth-order valence-corrected chi connectivity index (χ4v) is 9.53. The molecule has 0 unspecified atom stereocenters. The molecule has 0 atom stereocenters. The highest BCUT2D eigenvalue weighted by Crippen LogP contribution is 2.51. The van der Waals surface area contributed by atoms with Crippen molar-refractivity contribution >= 4 is 53.3 Å². The Hall–Kier alpha value is -6.43. The van der Waals surface area contributed by atoms with Crippen molar-refractivity contribution in [3.05, 3.63) is 169 Å². The van der Waals surface area contributed by atoms with Crippen LogP contribution >= 0.6 is 11.3 Å². The average Bonchev–Trinajstić information content (AvgIpc) is 3.82. The van der Waals surface area contributed by atoms with Crippen LogP contribution in [0.3, 0.4) is 0 Å². The Kier molecular flexibility index (Phi) is 6.43. The van der Waals surface area contributed by atoms with Gasteiger partial charge in [-0.1, -0.05) is 117 Å². The number of hydrogen-bond acceptors (Lipinski definition) is 4. The number of nitrogens with zero attached hydrogens (tertiary/aromatic N) is 4. The standard InChI is InChI=1S/C48H32N4S/c1-48(2)39-20-9-6-17-33(39)36-27-37-34-18-7-10-21-41(34)52(42(37)28-40(36)48)32-16-12-15-30(25-32)46-49-45(29-13-4-3-5-14-29)50-47(51-46)31-23-24-44-38(26-31)35-19-8-11-22-43(35)53-44/h3-28H,1-2H3. The lowest BCUT2D eigenvalue weighted by atomic mass is 9.82. The van der Waals surface area contributed by atoms with Crippen molar-refractivity contribution in [2.45, 2.75) is 19.3 Å². The van der Waals surface area contributed by atoms with E-state index in [4.69, 9.17) is 15.0 Å². The summed E-state index contributed by atoms with van der Waals surface area (Å²) >= 11 is 1.81. The summed E-state index contributed by atoms with van der Waals surface area (Å²) in [6.07, 6.45) is 0. The first-order valence-electron chi connectivity index (χ1n) is 18.0. The van der Waals surface area contributed by atoms with Crippen LogP contribution in [-0.2, 0) is 5.41 Å². The summed E-state index contributed by atoms with van der Waals surface area (Å²) in [5, 5.41) is 4.96. The molecule has 3 heterocycles. The lowest BCUT2D eigenvalue weighted by Crippen LogP contribution is -2.14. The van der Waals surface area contributed by atoms with E-state index in [1.807, 2.05) is 29.5 Å². The smallest absolute Gasteiger partial charge is 0.164 e. The number of thiophene rings is 1. The Morgan fingerprint density at radius 1 is 0.434 bits per heavy atom. The summed E-state index contributed by atoms with van der Waals surface area (Å²) < 4.78 is 4.94. The molecule has 53 heavy (non-hydrogen) atoms. The quantitative estimate of drug-likeness (QED) is 0.184. The lowest BCUT2D eigenvalue weighted by Gasteiger charge is -2.21. The third kappa shape index (κ3) is 4.57. The second-order valence-electron chi connectivity index (χ2n) is 14.5. The predicted octanol–water partition coefficient (Wildman–Crippen LogP) is 12.6. The fourth-order valence-electron chi connectivity index (χ4n) is 8.44. The third-order valence-electron chi connectivity index (χ3n) is 11.0. The molecular weight excluding hydrogens is 665 g/mol. The maximum absolute atomic E-state index is 5.18. The van der Waals surface area contributed by atoms with E-state index in [0.29, 0.717) is 17.5 Å². The summed E-state index contributed by atoms with van der Waals surface area (Å²) in [4.78, 5) is 15.4. The monoisotopic (exact) mass is 696 g/mol. The van der Waals surface area contributed by atoms with Crippen molar-refractivity contribution in [1.82, 2.24) is 19.5 Å². The zero-order valence-electron chi connectivity index (χ0n) is 29.2. The number of fused-ring (bicyclic) bond motifs is 9. The molecule has 0 saturated carbocycles. The van der Waals surface area contributed by atoms with E-state index < -0.39 is 0 Å². The molecule has 250 valence electrons. The number of benzene rings is 7. The van der Waals surface area contributed by atoms with Crippen LogP contribution in [0.15, 0.2) is 158 Å². The minimum Gasteiger partial charge on any atom is -0.309 e. The lowest BCUT2D eigenvalue weighted by molar-refractivity contribution is 0.661. The molecule has 4 nitrogen and oxygen atoms in total. The zero-order chi connectivity index (χ0) is 35.3. The molecule has 5 heteroatoms. The van der Waals surface area contributed by atoms with Gasteiger partial charge in [-0.2, -0.15) is 0 Å². The summed E-state index contributed by atoms with van der Waals surface area (Å²) in [6.45, 7) is 4.69. The Morgan fingerprint density at radius 3 is 1.94 bits per heavy atom. The maximum Gasteiger partial charge on any atom is 0.164 e. The topological polar surface area (TPSA) is 43.6 Å². The van der Waals surface area contributed by atoms with Gasteiger partial charge in [0.1, 0.15) is 0 Å². The van der Waals surface area contributed by atoms with Crippen LogP contribution in [0, 0.1) is 0 Å². The summed E-state index contributed by atoms with van der Waals surface area (Å²) in [6, 6.07) is 56.4. The van der Waals surface area contributed by atoms with E-state index >= 15 is 0 Å². The van der Waals surface area contributed by atoms with Gasteiger partial charge in [0.2, 0.25) is 0 Å². The van der Waals surface area contributed by atoms with Crippen LogP contribution in [0.5, 0.6) is 0 Å². The van der Waals surface area contributed by atoms with Crippen LogP contribution < -0.4 is 0 Å². The molecule has 3 aromatic heterocycles. The average molecular weight is 697 g/mol.